The summed E-state index contributed by atoms with van der Waals surface area (Å²) in [5, 5.41) is 2.37. The first-order valence-corrected chi connectivity index (χ1v) is 12.8. The van der Waals surface area contributed by atoms with Crippen LogP contribution in [0, 0.1) is 0 Å². The van der Waals surface area contributed by atoms with Crippen LogP contribution in [0.15, 0.2) is 97.1 Å². The van der Waals surface area contributed by atoms with Gasteiger partial charge >= 0.3 is 0 Å². The molecule has 0 N–H and O–H groups in total. The van der Waals surface area contributed by atoms with E-state index in [1.807, 2.05) is 22.7 Å². The summed E-state index contributed by atoms with van der Waals surface area (Å²) in [6.45, 7) is 0. The van der Waals surface area contributed by atoms with Crippen molar-refractivity contribution in [3.8, 4) is 11.1 Å². The molecule has 0 radical (unpaired) electrons. The van der Waals surface area contributed by atoms with Gasteiger partial charge in [0.1, 0.15) is 0 Å². The Kier molecular flexibility index (Phi) is 4.26. The van der Waals surface area contributed by atoms with Crippen LogP contribution in [0.4, 0.5) is 0 Å². The average molecular weight is 461 g/mol. The summed E-state index contributed by atoms with van der Waals surface area (Å²) in [5.74, 6) is 0. The number of fused-ring (bicyclic) bond motifs is 5. The molecule has 0 saturated carbocycles. The maximum atomic E-state index is 5.05. The number of nitrogens with zero attached hydrogens (tertiary/aromatic N) is 2. The van der Waals surface area contributed by atoms with E-state index in [1.54, 1.807) is 0 Å². The van der Waals surface area contributed by atoms with E-state index in [0.29, 0.717) is 0 Å². The Morgan fingerprint density at radius 2 is 0.939 bits per heavy atom. The maximum Gasteiger partial charge on any atom is 0.0951 e. The topological polar surface area (TPSA) is 25.8 Å². The van der Waals surface area contributed by atoms with Crippen molar-refractivity contribution >= 4 is 43.1 Å². The zero-order valence-electron chi connectivity index (χ0n) is 17.9. The van der Waals surface area contributed by atoms with E-state index in [4.69, 9.17) is 9.97 Å². The number of para-hydroxylation sites is 2. The minimum Gasteiger partial charge on any atom is -0.241 e. The third-order valence-electron chi connectivity index (χ3n) is 6.76. The van der Waals surface area contributed by atoms with Gasteiger partial charge in [0.2, 0.25) is 0 Å². The number of hydrogen-bond acceptors (Lipinski definition) is 4. The highest BCUT2D eigenvalue weighted by atomic mass is 32.1. The van der Waals surface area contributed by atoms with Crippen LogP contribution >= 0.6 is 22.7 Å². The molecular formula is C29H20N2S2. The summed E-state index contributed by atoms with van der Waals surface area (Å²) in [7, 11) is 0. The summed E-state index contributed by atoms with van der Waals surface area (Å²) in [5.41, 5.74) is 7.47. The molecule has 158 valence electrons. The van der Waals surface area contributed by atoms with Crippen LogP contribution in [0.2, 0.25) is 0 Å². The fourth-order valence-corrected chi connectivity index (χ4v) is 7.53. The van der Waals surface area contributed by atoms with Crippen LogP contribution < -0.4 is 0 Å². The molecule has 4 heteroatoms. The normalized spacial score (nSPS) is 13.9. The van der Waals surface area contributed by atoms with Crippen LogP contribution in [0.1, 0.15) is 21.1 Å². The lowest BCUT2D eigenvalue weighted by Gasteiger charge is -2.31. The molecule has 0 spiro atoms. The van der Waals surface area contributed by atoms with Gasteiger partial charge in [-0.2, -0.15) is 0 Å². The predicted octanol–water partition coefficient (Wildman–Crippen LogP) is 7.66. The Balaban J connectivity index is 1.45. The SMILES string of the molecule is c1ccc2c(c1)-c1ccccc1C2(Cc1nc2ccccc2s1)Cc1nc2ccccc2s1. The van der Waals surface area contributed by atoms with E-state index in [9.17, 15) is 0 Å². The summed E-state index contributed by atoms with van der Waals surface area (Å²) in [6, 6.07) is 34.8. The Morgan fingerprint density at radius 3 is 1.42 bits per heavy atom. The Labute approximate surface area is 200 Å². The summed E-state index contributed by atoms with van der Waals surface area (Å²) in [6.07, 6.45) is 1.74. The minimum atomic E-state index is -0.186. The minimum absolute atomic E-state index is 0.186. The standard InChI is InChI=1S/C29H20N2S2/c1-3-11-21-19(9-1)20-10-2-4-12-22(20)29(21,17-27-30-23-13-5-7-15-25(23)32-27)18-28-31-24-14-6-8-16-26(24)33-28/h1-16H,17-18H2. The second kappa shape index (κ2) is 7.34. The molecule has 2 aromatic heterocycles. The summed E-state index contributed by atoms with van der Waals surface area (Å²) >= 11 is 3.64. The van der Waals surface area contributed by atoms with Gasteiger partial charge in [0.25, 0.3) is 0 Å². The van der Waals surface area contributed by atoms with Crippen molar-refractivity contribution < 1.29 is 0 Å². The highest BCUT2D eigenvalue weighted by Crippen LogP contribution is 2.53. The Bertz CT molecular complexity index is 1450. The van der Waals surface area contributed by atoms with Crippen molar-refractivity contribution in [2.75, 3.05) is 0 Å². The lowest BCUT2D eigenvalue weighted by Crippen LogP contribution is -2.31. The van der Waals surface area contributed by atoms with E-state index >= 15 is 0 Å². The highest BCUT2D eigenvalue weighted by molar-refractivity contribution is 7.19. The summed E-state index contributed by atoms with van der Waals surface area (Å²) < 4.78 is 2.50. The molecule has 0 atom stereocenters. The molecule has 0 aliphatic heterocycles. The number of benzene rings is 4. The first-order chi connectivity index (χ1) is 16.3. The lowest BCUT2D eigenvalue weighted by molar-refractivity contribution is 0.518. The quantitative estimate of drug-likeness (QED) is 0.270. The van der Waals surface area contributed by atoms with Crippen molar-refractivity contribution in [1.82, 2.24) is 9.97 Å². The summed E-state index contributed by atoms with van der Waals surface area (Å²) in [4.78, 5) is 10.1. The lowest BCUT2D eigenvalue weighted by atomic mass is 9.73. The van der Waals surface area contributed by atoms with Crippen molar-refractivity contribution in [3.63, 3.8) is 0 Å². The first kappa shape index (κ1) is 19.2. The van der Waals surface area contributed by atoms with E-state index in [-0.39, 0.29) is 5.41 Å². The van der Waals surface area contributed by atoms with E-state index in [1.165, 1.54) is 41.7 Å². The van der Waals surface area contributed by atoms with Crippen molar-refractivity contribution in [1.29, 1.82) is 0 Å². The van der Waals surface area contributed by atoms with Gasteiger partial charge in [-0.15, -0.1) is 22.7 Å². The number of thiazole rings is 2. The van der Waals surface area contributed by atoms with Crippen LogP contribution in [0.3, 0.4) is 0 Å². The van der Waals surface area contributed by atoms with Crippen molar-refractivity contribution in [2.45, 2.75) is 18.3 Å². The van der Waals surface area contributed by atoms with Crippen molar-refractivity contribution in [2.24, 2.45) is 0 Å². The van der Waals surface area contributed by atoms with Gasteiger partial charge in [-0.1, -0.05) is 72.8 Å². The Hall–Kier alpha value is -3.34. The maximum absolute atomic E-state index is 5.05. The average Bonchev–Trinajstić information content (AvgIpc) is 3.52. The fourth-order valence-electron chi connectivity index (χ4n) is 5.37. The zero-order valence-corrected chi connectivity index (χ0v) is 19.5. The van der Waals surface area contributed by atoms with Gasteiger partial charge in [0.05, 0.1) is 30.4 Å². The van der Waals surface area contributed by atoms with Crippen LogP contribution in [0.25, 0.3) is 31.6 Å². The molecule has 6 aromatic rings. The van der Waals surface area contributed by atoms with Crippen molar-refractivity contribution in [3.05, 3.63) is 118 Å². The molecule has 0 bridgehead atoms. The largest absolute Gasteiger partial charge is 0.241 e. The number of aromatic nitrogens is 2. The zero-order chi connectivity index (χ0) is 21.8. The van der Waals surface area contributed by atoms with Gasteiger partial charge in [-0.05, 0) is 46.5 Å². The van der Waals surface area contributed by atoms with Crippen LogP contribution in [0.5, 0.6) is 0 Å². The van der Waals surface area contributed by atoms with Gasteiger partial charge < -0.3 is 0 Å². The first-order valence-electron chi connectivity index (χ1n) is 11.2. The molecular weight excluding hydrogens is 440 g/mol. The van der Waals surface area contributed by atoms with Gasteiger partial charge in [0, 0.05) is 18.3 Å². The molecule has 0 fully saturated rings. The number of rotatable bonds is 4. The van der Waals surface area contributed by atoms with Gasteiger partial charge in [-0.25, -0.2) is 9.97 Å². The molecule has 2 heterocycles. The molecule has 1 aliphatic rings. The molecule has 0 saturated heterocycles. The van der Waals surface area contributed by atoms with E-state index in [0.717, 1.165) is 23.9 Å². The van der Waals surface area contributed by atoms with Gasteiger partial charge in [0.15, 0.2) is 0 Å². The van der Waals surface area contributed by atoms with E-state index < -0.39 is 0 Å². The molecule has 33 heavy (non-hydrogen) atoms. The smallest absolute Gasteiger partial charge is 0.0951 e. The van der Waals surface area contributed by atoms with Gasteiger partial charge in [-0.3, -0.25) is 0 Å². The van der Waals surface area contributed by atoms with Crippen LogP contribution in [-0.2, 0) is 18.3 Å². The predicted molar refractivity (Wildman–Crippen MR) is 139 cm³/mol. The molecule has 4 aromatic carbocycles. The third kappa shape index (κ3) is 2.98. The fraction of sp³-hybridized carbons (Fsp3) is 0.103. The second-order valence-electron chi connectivity index (χ2n) is 8.68. The molecule has 0 unspecified atom stereocenters. The molecule has 0 amide bonds. The third-order valence-corrected chi connectivity index (χ3v) is 8.83. The van der Waals surface area contributed by atoms with Crippen LogP contribution in [-0.4, -0.2) is 9.97 Å². The monoisotopic (exact) mass is 460 g/mol. The van der Waals surface area contributed by atoms with E-state index in [2.05, 4.69) is 97.1 Å². The second-order valence-corrected chi connectivity index (χ2v) is 10.9. The Morgan fingerprint density at radius 1 is 0.515 bits per heavy atom. The molecule has 7 rings (SSSR count). The molecule has 2 nitrogen and oxygen atoms in total. The highest BCUT2D eigenvalue weighted by Gasteiger charge is 2.44. The molecule has 1 aliphatic carbocycles. The number of hydrogen-bond donors (Lipinski definition) is 0.